The van der Waals surface area contributed by atoms with Crippen LogP contribution in [0, 0.1) is 0 Å². The second-order valence-electron chi connectivity index (χ2n) is 8.69. The molecule has 1 atom stereocenters. The van der Waals surface area contributed by atoms with Crippen molar-refractivity contribution >= 4 is 42.9 Å². The van der Waals surface area contributed by atoms with Crippen LogP contribution in [0.3, 0.4) is 0 Å². The molecule has 2 aromatic rings. The lowest BCUT2D eigenvalue weighted by molar-refractivity contribution is -0.0217. The van der Waals surface area contributed by atoms with Crippen LogP contribution >= 0.6 is 34.5 Å². The van der Waals surface area contributed by atoms with Gasteiger partial charge in [0.25, 0.3) is 6.29 Å². The van der Waals surface area contributed by atoms with Crippen LogP contribution in [0.25, 0.3) is 0 Å². The van der Waals surface area contributed by atoms with E-state index in [-0.39, 0.29) is 5.04 Å². The van der Waals surface area contributed by atoms with E-state index in [0.29, 0.717) is 33.8 Å². The maximum Gasteiger partial charge on any atom is 0.275 e. The fraction of sp³-hybridized carbons (Fsp3) is 0.476. The minimum absolute atomic E-state index is 0.132. The summed E-state index contributed by atoms with van der Waals surface area (Å²) in [6.07, 6.45) is 2.02. The number of rotatable bonds is 7. The zero-order valence-corrected chi connectivity index (χ0v) is 21.1. The molecule has 164 valence electrons. The Hall–Kier alpha value is -1.09. The van der Waals surface area contributed by atoms with Crippen molar-refractivity contribution < 1.29 is 19.0 Å². The molecule has 1 aliphatic rings. The molecule has 2 aromatic heterocycles. The SMILES string of the molecule is CC(C)(C)[Si](C)(C)OCCc1ccc(Cl)nc1C(O)c1cc(C2OC=CO2)sc1Cl. The van der Waals surface area contributed by atoms with Crippen LogP contribution in [0.2, 0.25) is 27.6 Å². The molecule has 3 rings (SSSR count). The van der Waals surface area contributed by atoms with Crippen molar-refractivity contribution in [3.05, 3.63) is 61.9 Å². The van der Waals surface area contributed by atoms with Gasteiger partial charge in [-0.2, -0.15) is 0 Å². The summed E-state index contributed by atoms with van der Waals surface area (Å²) in [5.41, 5.74) is 1.92. The Balaban J connectivity index is 1.80. The second-order valence-corrected chi connectivity index (χ2v) is 15.6. The summed E-state index contributed by atoms with van der Waals surface area (Å²) in [6.45, 7) is 11.6. The minimum Gasteiger partial charge on any atom is -0.454 e. The van der Waals surface area contributed by atoms with Gasteiger partial charge in [0.15, 0.2) is 8.32 Å². The summed E-state index contributed by atoms with van der Waals surface area (Å²) >= 11 is 13.9. The Labute approximate surface area is 192 Å². The van der Waals surface area contributed by atoms with Gasteiger partial charge in [-0.15, -0.1) is 11.3 Å². The topological polar surface area (TPSA) is 60.8 Å². The first-order chi connectivity index (χ1) is 14.0. The lowest BCUT2D eigenvalue weighted by Gasteiger charge is -2.36. The average Bonchev–Trinajstić information content (AvgIpc) is 3.31. The number of halogens is 2. The maximum absolute atomic E-state index is 11.1. The van der Waals surface area contributed by atoms with Crippen molar-refractivity contribution in [2.75, 3.05) is 6.61 Å². The van der Waals surface area contributed by atoms with Crippen LogP contribution in [0.4, 0.5) is 0 Å². The summed E-state index contributed by atoms with van der Waals surface area (Å²) in [7, 11) is -1.86. The number of pyridine rings is 1. The number of thiophene rings is 1. The monoisotopic (exact) mass is 487 g/mol. The van der Waals surface area contributed by atoms with Crippen molar-refractivity contribution in [3.8, 4) is 0 Å². The first kappa shape index (κ1) is 23.6. The lowest BCUT2D eigenvalue weighted by atomic mass is 10.0. The van der Waals surface area contributed by atoms with Crippen LogP contribution in [0.5, 0.6) is 0 Å². The van der Waals surface area contributed by atoms with Gasteiger partial charge in [0.05, 0.1) is 14.9 Å². The Kier molecular flexibility index (Phi) is 7.21. The number of ether oxygens (including phenoxy) is 2. The zero-order valence-electron chi connectivity index (χ0n) is 17.7. The molecule has 1 N–H and O–H groups in total. The van der Waals surface area contributed by atoms with E-state index >= 15 is 0 Å². The van der Waals surface area contributed by atoms with Crippen LogP contribution in [0.1, 0.15) is 54.9 Å². The predicted octanol–water partition coefficient (Wildman–Crippen LogP) is 6.61. The van der Waals surface area contributed by atoms with E-state index in [2.05, 4.69) is 38.8 Å². The number of hydrogen-bond donors (Lipinski definition) is 1. The van der Waals surface area contributed by atoms with E-state index in [0.717, 1.165) is 10.4 Å². The molecule has 0 aromatic carbocycles. The molecule has 0 fully saturated rings. The maximum atomic E-state index is 11.1. The molecule has 0 saturated heterocycles. The highest BCUT2D eigenvalue weighted by molar-refractivity contribution is 7.16. The van der Waals surface area contributed by atoms with E-state index < -0.39 is 20.7 Å². The first-order valence-corrected chi connectivity index (χ1v) is 14.2. The Morgan fingerprint density at radius 3 is 2.53 bits per heavy atom. The highest BCUT2D eigenvalue weighted by atomic mass is 35.5. The standard InChI is InChI=1S/C21H27Cl2NO4SSi/c1-21(2,3)30(4,5)28-9-8-13-6-7-16(22)24-17(13)18(25)14-12-15(29-19(14)23)20-26-10-11-27-20/h6-7,10-12,18,20,25H,8-9H2,1-5H3. The lowest BCUT2D eigenvalue weighted by Crippen LogP contribution is -2.41. The molecule has 0 spiro atoms. The van der Waals surface area contributed by atoms with Gasteiger partial charge in [-0.3, -0.25) is 0 Å². The zero-order chi connectivity index (χ0) is 22.1. The molecular weight excluding hydrogens is 461 g/mol. The molecule has 0 bridgehead atoms. The van der Waals surface area contributed by atoms with Gasteiger partial charge in [0.2, 0.25) is 0 Å². The molecule has 0 saturated carbocycles. The molecule has 30 heavy (non-hydrogen) atoms. The number of nitrogens with zero attached hydrogens (tertiary/aromatic N) is 1. The smallest absolute Gasteiger partial charge is 0.275 e. The predicted molar refractivity (Wildman–Crippen MR) is 124 cm³/mol. The fourth-order valence-electron chi connectivity index (χ4n) is 2.78. The van der Waals surface area contributed by atoms with Crippen molar-refractivity contribution in [2.24, 2.45) is 0 Å². The molecule has 9 heteroatoms. The van der Waals surface area contributed by atoms with E-state index in [9.17, 15) is 5.11 Å². The van der Waals surface area contributed by atoms with Crippen LogP contribution < -0.4 is 0 Å². The molecule has 5 nitrogen and oxygen atoms in total. The molecule has 1 unspecified atom stereocenters. The third-order valence-corrected chi connectivity index (χ3v) is 11.8. The normalized spacial score (nSPS) is 15.9. The highest BCUT2D eigenvalue weighted by Gasteiger charge is 2.37. The number of aliphatic hydroxyl groups is 1. The molecule has 3 heterocycles. The summed E-state index contributed by atoms with van der Waals surface area (Å²) in [6, 6.07) is 5.40. The largest absolute Gasteiger partial charge is 0.454 e. The van der Waals surface area contributed by atoms with Gasteiger partial charge in [0.1, 0.15) is 23.8 Å². The highest BCUT2D eigenvalue weighted by Crippen LogP contribution is 2.41. The van der Waals surface area contributed by atoms with Gasteiger partial charge in [-0.1, -0.05) is 50.0 Å². The number of aromatic nitrogens is 1. The van der Waals surface area contributed by atoms with Gasteiger partial charge in [0, 0.05) is 12.2 Å². The van der Waals surface area contributed by atoms with E-state index in [4.69, 9.17) is 37.1 Å². The minimum atomic E-state index is -1.86. The van der Waals surface area contributed by atoms with Crippen LogP contribution in [-0.4, -0.2) is 25.0 Å². The summed E-state index contributed by atoms with van der Waals surface area (Å²) in [4.78, 5) is 5.17. The fourth-order valence-corrected chi connectivity index (χ4v) is 5.30. The van der Waals surface area contributed by atoms with Crippen LogP contribution in [-0.2, 0) is 20.3 Å². The Morgan fingerprint density at radius 1 is 1.23 bits per heavy atom. The third-order valence-electron chi connectivity index (χ3n) is 5.60. The third kappa shape index (κ3) is 5.20. The van der Waals surface area contributed by atoms with E-state index in [1.54, 1.807) is 12.1 Å². The van der Waals surface area contributed by atoms with E-state index in [1.165, 1.54) is 23.9 Å². The molecule has 0 radical (unpaired) electrons. The summed E-state index contributed by atoms with van der Waals surface area (Å²) in [5.74, 6) is 0. The first-order valence-electron chi connectivity index (χ1n) is 9.72. The molecular formula is C21H27Cl2NO4SSi. The van der Waals surface area contributed by atoms with Crippen molar-refractivity contribution in [1.82, 2.24) is 4.98 Å². The van der Waals surface area contributed by atoms with Crippen molar-refractivity contribution in [2.45, 2.75) is 57.7 Å². The van der Waals surface area contributed by atoms with E-state index in [1.807, 2.05) is 6.07 Å². The summed E-state index contributed by atoms with van der Waals surface area (Å²) < 4.78 is 17.5. The quantitative estimate of drug-likeness (QED) is 0.351. The number of hydrogen-bond acceptors (Lipinski definition) is 6. The second kappa shape index (κ2) is 9.18. The van der Waals surface area contributed by atoms with Crippen molar-refractivity contribution in [1.29, 1.82) is 0 Å². The van der Waals surface area contributed by atoms with Gasteiger partial charge in [-0.25, -0.2) is 4.98 Å². The summed E-state index contributed by atoms with van der Waals surface area (Å²) in [5, 5.41) is 11.5. The Morgan fingerprint density at radius 2 is 1.90 bits per heavy atom. The van der Waals surface area contributed by atoms with Crippen molar-refractivity contribution in [3.63, 3.8) is 0 Å². The van der Waals surface area contributed by atoms with Gasteiger partial charge < -0.3 is 19.0 Å². The molecule has 0 aliphatic carbocycles. The van der Waals surface area contributed by atoms with Gasteiger partial charge in [-0.05, 0) is 42.2 Å². The van der Waals surface area contributed by atoms with Gasteiger partial charge >= 0.3 is 0 Å². The number of aliphatic hydroxyl groups excluding tert-OH is 1. The average molecular weight is 489 g/mol. The molecule has 0 amide bonds. The molecule has 1 aliphatic heterocycles. The van der Waals surface area contributed by atoms with Crippen LogP contribution in [0.15, 0.2) is 30.7 Å². The Bertz CT molecular complexity index is 918.